The number of amides is 1. The molecule has 2 N–H and O–H groups in total. The molecule has 0 unspecified atom stereocenters. The number of benzene rings is 1. The average Bonchev–Trinajstić information content (AvgIpc) is 3.02. The average molecular weight is 394 g/mol. The smallest absolute Gasteiger partial charge is 0.268 e. The van der Waals surface area contributed by atoms with E-state index in [9.17, 15) is 15.2 Å². The van der Waals surface area contributed by atoms with Crippen LogP contribution < -0.4 is 10.1 Å². The Hall–Kier alpha value is -2.37. The number of aromatic nitrogens is 1. The first-order valence-corrected chi connectivity index (χ1v) is 8.20. The van der Waals surface area contributed by atoms with E-state index in [1.54, 1.807) is 30.6 Å². The van der Waals surface area contributed by atoms with Gasteiger partial charge in [0.1, 0.15) is 11.6 Å². The Kier molecular flexibility index (Phi) is 5.73. The van der Waals surface area contributed by atoms with E-state index in [0.29, 0.717) is 21.8 Å². The van der Waals surface area contributed by atoms with Crippen molar-refractivity contribution in [3.05, 3.63) is 39.3 Å². The van der Waals surface area contributed by atoms with E-state index in [4.69, 9.17) is 4.74 Å². The molecule has 1 amide bonds. The number of halogens is 1. The number of thiazole rings is 1. The molecule has 0 bridgehead atoms. The molecule has 2 rings (SSSR count). The lowest BCUT2D eigenvalue weighted by atomic mass is 10.1. The monoisotopic (exact) mass is 393 g/mol. The summed E-state index contributed by atoms with van der Waals surface area (Å²) >= 11 is 4.47. The zero-order valence-electron chi connectivity index (χ0n) is 12.0. The Morgan fingerprint density at radius 1 is 1.61 bits per heavy atom. The minimum atomic E-state index is -0.551. The summed E-state index contributed by atoms with van der Waals surface area (Å²) in [4.78, 5) is 16.0. The minimum absolute atomic E-state index is 0.0326. The predicted octanol–water partition coefficient (Wildman–Crippen LogP) is 3.56. The summed E-state index contributed by atoms with van der Waals surface area (Å²) in [7, 11) is 0. The van der Waals surface area contributed by atoms with Crippen LogP contribution in [0, 0.1) is 11.3 Å². The zero-order valence-corrected chi connectivity index (χ0v) is 14.4. The molecule has 0 saturated heterocycles. The lowest BCUT2D eigenvalue weighted by Gasteiger charge is -2.09. The van der Waals surface area contributed by atoms with Crippen LogP contribution in [0.3, 0.4) is 0 Å². The summed E-state index contributed by atoms with van der Waals surface area (Å²) in [5.41, 5.74) is 0.462. The molecule has 2 aromatic rings. The van der Waals surface area contributed by atoms with Gasteiger partial charge in [0.05, 0.1) is 11.1 Å². The maximum absolute atomic E-state index is 12.1. The van der Waals surface area contributed by atoms with E-state index < -0.39 is 5.91 Å². The van der Waals surface area contributed by atoms with Crippen molar-refractivity contribution in [2.45, 2.75) is 6.92 Å². The van der Waals surface area contributed by atoms with Gasteiger partial charge >= 0.3 is 0 Å². The highest BCUT2D eigenvalue weighted by molar-refractivity contribution is 9.10. The van der Waals surface area contributed by atoms with Crippen molar-refractivity contribution in [1.29, 1.82) is 5.26 Å². The molecule has 0 radical (unpaired) electrons. The largest absolute Gasteiger partial charge is 0.503 e. The first-order chi connectivity index (χ1) is 11.0. The predicted molar refractivity (Wildman–Crippen MR) is 91.3 cm³/mol. The number of hydrogen-bond donors (Lipinski definition) is 2. The maximum Gasteiger partial charge on any atom is 0.268 e. The van der Waals surface area contributed by atoms with Gasteiger partial charge in [-0.2, -0.15) is 5.26 Å². The molecule has 6 nitrogen and oxygen atoms in total. The Morgan fingerprint density at radius 3 is 3.00 bits per heavy atom. The molecule has 0 spiro atoms. The Labute approximate surface area is 145 Å². The Balaban J connectivity index is 2.30. The van der Waals surface area contributed by atoms with Gasteiger partial charge < -0.3 is 9.84 Å². The Morgan fingerprint density at radius 2 is 2.39 bits per heavy atom. The molecular weight excluding hydrogens is 382 g/mol. The molecule has 0 atom stereocenters. The van der Waals surface area contributed by atoms with Gasteiger partial charge in [0.25, 0.3) is 5.91 Å². The number of nitriles is 1. The van der Waals surface area contributed by atoms with Crippen LogP contribution >= 0.6 is 27.3 Å². The van der Waals surface area contributed by atoms with Crippen LogP contribution in [0.2, 0.25) is 0 Å². The third-order valence-corrected chi connectivity index (χ3v) is 3.97. The highest BCUT2D eigenvalue weighted by atomic mass is 79.9. The van der Waals surface area contributed by atoms with Gasteiger partial charge in [0.2, 0.25) is 0 Å². The molecule has 0 saturated carbocycles. The highest BCUT2D eigenvalue weighted by Gasteiger charge is 2.13. The number of rotatable bonds is 5. The highest BCUT2D eigenvalue weighted by Crippen LogP contribution is 2.36. The second kappa shape index (κ2) is 7.76. The Bertz CT molecular complexity index is 782. The molecule has 0 aliphatic rings. The third-order valence-electron chi connectivity index (χ3n) is 2.68. The molecule has 0 fully saturated rings. The van der Waals surface area contributed by atoms with Gasteiger partial charge in [-0.25, -0.2) is 4.98 Å². The van der Waals surface area contributed by atoms with Gasteiger partial charge in [-0.1, -0.05) is 0 Å². The van der Waals surface area contributed by atoms with Crippen molar-refractivity contribution in [1.82, 2.24) is 4.98 Å². The fourth-order valence-corrected chi connectivity index (χ4v) is 2.69. The molecule has 23 heavy (non-hydrogen) atoms. The number of phenols is 1. The van der Waals surface area contributed by atoms with Crippen LogP contribution in [0.15, 0.2) is 33.8 Å². The standard InChI is InChI=1S/C15H12BrN3O3S/c1-2-22-12-7-9(6-11(16)13(12)20)5-10(8-17)14(21)19-15-18-3-4-23-15/h3-7,20H,2H2,1H3,(H,18,19,21)/b10-5-. The van der Waals surface area contributed by atoms with Crippen molar-refractivity contribution in [2.24, 2.45) is 0 Å². The van der Waals surface area contributed by atoms with Gasteiger partial charge in [0, 0.05) is 11.6 Å². The third kappa shape index (κ3) is 4.31. The number of nitrogens with one attached hydrogen (secondary N) is 1. The summed E-state index contributed by atoms with van der Waals surface area (Å²) in [6.45, 7) is 2.17. The van der Waals surface area contributed by atoms with Gasteiger partial charge in [-0.05, 0) is 46.6 Å². The van der Waals surface area contributed by atoms with Crippen LogP contribution in [0.25, 0.3) is 6.08 Å². The van der Waals surface area contributed by atoms with E-state index in [0.717, 1.165) is 0 Å². The van der Waals surface area contributed by atoms with Crippen LogP contribution in [0.1, 0.15) is 12.5 Å². The summed E-state index contributed by atoms with van der Waals surface area (Å²) in [5.74, 6) is -0.315. The van der Waals surface area contributed by atoms with Crippen molar-refractivity contribution in [2.75, 3.05) is 11.9 Å². The van der Waals surface area contributed by atoms with Crippen molar-refractivity contribution >= 4 is 44.4 Å². The molecule has 8 heteroatoms. The van der Waals surface area contributed by atoms with Crippen LogP contribution in [-0.2, 0) is 4.79 Å². The summed E-state index contributed by atoms with van der Waals surface area (Å²) in [6.07, 6.45) is 2.97. The summed E-state index contributed by atoms with van der Waals surface area (Å²) < 4.78 is 5.73. The lowest BCUT2D eigenvalue weighted by molar-refractivity contribution is -0.112. The minimum Gasteiger partial charge on any atom is -0.503 e. The van der Waals surface area contributed by atoms with E-state index in [1.165, 1.54) is 17.4 Å². The molecule has 118 valence electrons. The number of phenolic OH excluding ortho intramolecular Hbond substituents is 1. The lowest BCUT2D eigenvalue weighted by Crippen LogP contribution is -2.13. The first kappa shape index (κ1) is 17.0. The van der Waals surface area contributed by atoms with Gasteiger partial charge in [-0.15, -0.1) is 11.3 Å². The molecule has 0 aliphatic carbocycles. The molecule has 0 aliphatic heterocycles. The summed E-state index contributed by atoms with van der Waals surface area (Å²) in [6, 6.07) is 5.00. The second-order valence-corrected chi connectivity index (χ2v) is 5.99. The second-order valence-electron chi connectivity index (χ2n) is 4.24. The maximum atomic E-state index is 12.1. The number of anilines is 1. The molecule has 1 aromatic heterocycles. The van der Waals surface area contributed by atoms with Gasteiger partial charge in [0.15, 0.2) is 16.6 Å². The van der Waals surface area contributed by atoms with Gasteiger partial charge in [-0.3, -0.25) is 10.1 Å². The molecule has 1 heterocycles. The summed E-state index contributed by atoms with van der Waals surface area (Å²) in [5, 5.41) is 23.8. The SMILES string of the molecule is CCOc1cc(/C=C(/C#N)C(=O)Nc2nccs2)cc(Br)c1O. The van der Waals surface area contributed by atoms with E-state index >= 15 is 0 Å². The quantitative estimate of drug-likeness (QED) is 0.597. The van der Waals surface area contributed by atoms with E-state index in [1.807, 2.05) is 6.07 Å². The van der Waals surface area contributed by atoms with Crippen molar-refractivity contribution in [3.8, 4) is 17.6 Å². The zero-order chi connectivity index (χ0) is 16.8. The van der Waals surface area contributed by atoms with E-state index in [2.05, 4.69) is 26.2 Å². The van der Waals surface area contributed by atoms with Crippen LogP contribution in [-0.4, -0.2) is 22.6 Å². The number of aromatic hydroxyl groups is 1. The normalized spacial score (nSPS) is 10.9. The van der Waals surface area contributed by atoms with Crippen LogP contribution in [0.4, 0.5) is 5.13 Å². The molecule has 1 aromatic carbocycles. The van der Waals surface area contributed by atoms with Crippen LogP contribution in [0.5, 0.6) is 11.5 Å². The van der Waals surface area contributed by atoms with Crippen molar-refractivity contribution in [3.63, 3.8) is 0 Å². The van der Waals surface area contributed by atoms with Crippen molar-refractivity contribution < 1.29 is 14.6 Å². The number of carbonyl (C=O) groups excluding carboxylic acids is 1. The first-order valence-electron chi connectivity index (χ1n) is 6.53. The molecular formula is C15H12BrN3O3S. The van der Waals surface area contributed by atoms with E-state index in [-0.39, 0.29) is 17.1 Å². The number of ether oxygens (including phenoxy) is 1. The fourth-order valence-electron chi connectivity index (χ4n) is 1.71. The number of nitrogens with zero attached hydrogens (tertiary/aromatic N) is 2. The topological polar surface area (TPSA) is 95.2 Å². The number of hydrogen-bond acceptors (Lipinski definition) is 6. The fraction of sp³-hybridized carbons (Fsp3) is 0.133. The number of carbonyl (C=O) groups is 1.